The van der Waals surface area contributed by atoms with E-state index in [9.17, 15) is 4.79 Å². The Kier molecular flexibility index (Phi) is 4.97. The van der Waals surface area contributed by atoms with Crippen LogP contribution in [-0.4, -0.2) is 42.2 Å². The van der Waals surface area contributed by atoms with Gasteiger partial charge in [0, 0.05) is 25.4 Å². The highest BCUT2D eigenvalue weighted by Crippen LogP contribution is 2.16. The number of carbonyl (C=O) groups is 1. The van der Waals surface area contributed by atoms with E-state index >= 15 is 0 Å². The molecule has 1 atom stereocenters. The number of nitrogens with one attached hydrogen (secondary N) is 1. The number of carbonyl (C=O) groups excluding carboxylic acids is 1. The van der Waals surface area contributed by atoms with Crippen molar-refractivity contribution < 1.29 is 9.90 Å². The molecule has 1 heterocycles. The number of piperidine rings is 1. The fourth-order valence-electron chi connectivity index (χ4n) is 2.39. The topological polar surface area (TPSA) is 76.4 Å². The summed E-state index contributed by atoms with van der Waals surface area (Å²) in [7, 11) is 0. The van der Waals surface area contributed by atoms with E-state index in [0.717, 1.165) is 25.1 Å². The quantitative estimate of drug-likeness (QED) is 0.864. The first-order chi connectivity index (χ1) is 9.72. The molecule has 1 aromatic carbocycles. The van der Waals surface area contributed by atoms with Gasteiger partial charge in [0.2, 0.25) is 5.91 Å². The summed E-state index contributed by atoms with van der Waals surface area (Å²) in [6.45, 7) is 1.80. The monoisotopic (exact) mass is 273 g/mol. The Balaban J connectivity index is 1.83. The normalized spacial score (nSPS) is 18.4. The number of aliphatic hydroxyl groups excluding tert-OH is 1. The molecule has 0 radical (unpaired) electrons. The standard InChI is InChI=1S/C15H19N3O2/c16-8-12-3-5-14(6-4-12)17-9-15(20)18-7-1-2-13(10-18)11-19/h3-6,13,17,19H,1-2,7,9-11H2. The number of hydrogen-bond donors (Lipinski definition) is 2. The van der Waals surface area contributed by atoms with E-state index in [1.807, 2.05) is 0 Å². The molecule has 1 saturated heterocycles. The molecule has 2 N–H and O–H groups in total. The van der Waals surface area contributed by atoms with Gasteiger partial charge in [0.15, 0.2) is 0 Å². The van der Waals surface area contributed by atoms with Crippen LogP contribution in [0.25, 0.3) is 0 Å². The molecule has 0 saturated carbocycles. The maximum Gasteiger partial charge on any atom is 0.241 e. The predicted octanol–water partition coefficient (Wildman–Crippen LogP) is 1.20. The molecule has 0 bridgehead atoms. The fourth-order valence-corrected chi connectivity index (χ4v) is 2.39. The van der Waals surface area contributed by atoms with Gasteiger partial charge in [0.05, 0.1) is 18.2 Å². The number of nitrogens with zero attached hydrogens (tertiary/aromatic N) is 2. The van der Waals surface area contributed by atoms with E-state index < -0.39 is 0 Å². The number of benzene rings is 1. The van der Waals surface area contributed by atoms with E-state index in [-0.39, 0.29) is 25.0 Å². The number of anilines is 1. The Labute approximate surface area is 118 Å². The molecule has 1 aliphatic rings. The van der Waals surface area contributed by atoms with Crippen molar-refractivity contribution in [1.82, 2.24) is 4.90 Å². The van der Waals surface area contributed by atoms with Crippen LogP contribution in [0.3, 0.4) is 0 Å². The van der Waals surface area contributed by atoms with Gasteiger partial charge in [-0.3, -0.25) is 4.79 Å². The van der Waals surface area contributed by atoms with Crippen LogP contribution >= 0.6 is 0 Å². The minimum Gasteiger partial charge on any atom is -0.396 e. The molecule has 0 spiro atoms. The second-order valence-electron chi connectivity index (χ2n) is 5.07. The minimum atomic E-state index is 0.0486. The lowest BCUT2D eigenvalue weighted by atomic mass is 9.99. The summed E-state index contributed by atoms with van der Waals surface area (Å²) in [5, 5.41) is 20.9. The molecule has 0 aliphatic carbocycles. The first kappa shape index (κ1) is 14.4. The van der Waals surface area contributed by atoms with Crippen molar-refractivity contribution in [1.29, 1.82) is 5.26 Å². The number of hydrogen-bond acceptors (Lipinski definition) is 4. The van der Waals surface area contributed by atoms with Crippen LogP contribution in [0.15, 0.2) is 24.3 Å². The predicted molar refractivity (Wildman–Crippen MR) is 76.0 cm³/mol. The first-order valence-corrected chi connectivity index (χ1v) is 6.85. The number of amides is 1. The fraction of sp³-hybridized carbons (Fsp3) is 0.467. The van der Waals surface area contributed by atoms with Crippen LogP contribution in [0.2, 0.25) is 0 Å². The van der Waals surface area contributed by atoms with Gasteiger partial charge < -0.3 is 15.3 Å². The maximum absolute atomic E-state index is 12.1. The average molecular weight is 273 g/mol. The van der Waals surface area contributed by atoms with Gasteiger partial charge in [-0.1, -0.05) is 0 Å². The van der Waals surface area contributed by atoms with Gasteiger partial charge in [-0.2, -0.15) is 5.26 Å². The van der Waals surface area contributed by atoms with Crippen LogP contribution in [0, 0.1) is 17.2 Å². The van der Waals surface area contributed by atoms with E-state index in [0.29, 0.717) is 12.1 Å². The van der Waals surface area contributed by atoms with Gasteiger partial charge in [-0.05, 0) is 43.0 Å². The molecule has 5 nitrogen and oxygen atoms in total. The zero-order valence-electron chi connectivity index (χ0n) is 11.4. The largest absolute Gasteiger partial charge is 0.396 e. The third kappa shape index (κ3) is 3.72. The van der Waals surface area contributed by atoms with E-state index in [1.54, 1.807) is 29.2 Å². The third-order valence-electron chi connectivity index (χ3n) is 3.59. The lowest BCUT2D eigenvalue weighted by Crippen LogP contribution is -2.43. The highest BCUT2D eigenvalue weighted by Gasteiger charge is 2.22. The Bertz CT molecular complexity index is 493. The number of aliphatic hydroxyl groups is 1. The summed E-state index contributed by atoms with van der Waals surface area (Å²) in [5.41, 5.74) is 1.43. The van der Waals surface area contributed by atoms with Crippen molar-refractivity contribution >= 4 is 11.6 Å². The Hall–Kier alpha value is -2.06. The zero-order chi connectivity index (χ0) is 14.4. The Morgan fingerprint density at radius 1 is 1.45 bits per heavy atom. The van der Waals surface area contributed by atoms with E-state index in [2.05, 4.69) is 11.4 Å². The second kappa shape index (κ2) is 6.92. The lowest BCUT2D eigenvalue weighted by molar-refractivity contribution is -0.131. The highest BCUT2D eigenvalue weighted by atomic mass is 16.3. The van der Waals surface area contributed by atoms with Crippen molar-refractivity contribution in [3.63, 3.8) is 0 Å². The van der Waals surface area contributed by atoms with Gasteiger partial charge in [-0.25, -0.2) is 0 Å². The van der Waals surface area contributed by atoms with Gasteiger partial charge >= 0.3 is 0 Å². The number of likely N-dealkylation sites (tertiary alicyclic amines) is 1. The highest BCUT2D eigenvalue weighted by molar-refractivity contribution is 5.81. The van der Waals surface area contributed by atoms with Crippen LogP contribution in [0.5, 0.6) is 0 Å². The second-order valence-corrected chi connectivity index (χ2v) is 5.07. The number of nitriles is 1. The van der Waals surface area contributed by atoms with Crippen molar-refractivity contribution in [3.05, 3.63) is 29.8 Å². The van der Waals surface area contributed by atoms with E-state index in [1.165, 1.54) is 0 Å². The summed E-state index contributed by atoms with van der Waals surface area (Å²) in [6.07, 6.45) is 1.94. The van der Waals surface area contributed by atoms with Crippen LogP contribution in [0.1, 0.15) is 18.4 Å². The summed E-state index contributed by atoms with van der Waals surface area (Å²) in [6, 6.07) is 9.07. The molecule has 5 heteroatoms. The molecule has 2 rings (SSSR count). The molecule has 1 aliphatic heterocycles. The molecule has 1 fully saturated rings. The number of rotatable bonds is 4. The molecule has 106 valence electrons. The van der Waals surface area contributed by atoms with Crippen molar-refractivity contribution in [2.45, 2.75) is 12.8 Å². The Morgan fingerprint density at radius 3 is 2.85 bits per heavy atom. The SMILES string of the molecule is N#Cc1ccc(NCC(=O)N2CCCC(CO)C2)cc1. The van der Waals surface area contributed by atoms with E-state index in [4.69, 9.17) is 10.4 Å². The molecule has 0 aromatic heterocycles. The van der Waals surface area contributed by atoms with Crippen LogP contribution in [-0.2, 0) is 4.79 Å². The van der Waals surface area contributed by atoms with Crippen LogP contribution < -0.4 is 5.32 Å². The molecule has 1 aromatic rings. The van der Waals surface area contributed by atoms with Crippen LogP contribution in [0.4, 0.5) is 5.69 Å². The summed E-state index contributed by atoms with van der Waals surface area (Å²) in [5.74, 6) is 0.259. The smallest absolute Gasteiger partial charge is 0.241 e. The first-order valence-electron chi connectivity index (χ1n) is 6.85. The summed E-state index contributed by atoms with van der Waals surface area (Å²) in [4.78, 5) is 13.9. The molecule has 20 heavy (non-hydrogen) atoms. The minimum absolute atomic E-state index is 0.0486. The molecular weight excluding hydrogens is 254 g/mol. The van der Waals surface area contributed by atoms with Gasteiger partial charge in [0.1, 0.15) is 0 Å². The lowest BCUT2D eigenvalue weighted by Gasteiger charge is -2.32. The average Bonchev–Trinajstić information content (AvgIpc) is 2.53. The molecular formula is C15H19N3O2. The van der Waals surface area contributed by atoms with Crippen molar-refractivity contribution in [2.24, 2.45) is 5.92 Å². The van der Waals surface area contributed by atoms with Crippen molar-refractivity contribution in [3.8, 4) is 6.07 Å². The van der Waals surface area contributed by atoms with Gasteiger partial charge in [-0.15, -0.1) is 0 Å². The summed E-state index contributed by atoms with van der Waals surface area (Å²) >= 11 is 0. The molecule has 1 amide bonds. The van der Waals surface area contributed by atoms with Crippen molar-refractivity contribution in [2.75, 3.05) is 31.6 Å². The maximum atomic E-state index is 12.1. The zero-order valence-corrected chi connectivity index (χ0v) is 11.4. The van der Waals surface area contributed by atoms with Gasteiger partial charge in [0.25, 0.3) is 0 Å². The Morgan fingerprint density at radius 2 is 2.20 bits per heavy atom. The molecule has 1 unspecified atom stereocenters. The third-order valence-corrected chi connectivity index (χ3v) is 3.59. The summed E-state index contributed by atoms with van der Waals surface area (Å²) < 4.78 is 0.